The van der Waals surface area contributed by atoms with Crippen molar-refractivity contribution >= 4 is 33.2 Å². The van der Waals surface area contributed by atoms with E-state index >= 15 is 0 Å². The van der Waals surface area contributed by atoms with Crippen LogP contribution < -0.4 is 10.6 Å². The number of carbonyl (C=O) groups excluding carboxylic acids is 1. The molecule has 1 aromatic carbocycles. The SMILES string of the molecule is CNC(=O)C(C)(C)CNc1cc(F)c(Br)cc1[N+](=O)[O-]. The first-order valence-corrected chi connectivity index (χ1v) is 6.58. The Hall–Kier alpha value is -1.70. The van der Waals surface area contributed by atoms with Crippen molar-refractivity contribution < 1.29 is 14.1 Å². The van der Waals surface area contributed by atoms with E-state index in [0.717, 1.165) is 12.1 Å². The van der Waals surface area contributed by atoms with Gasteiger partial charge in [0.25, 0.3) is 5.69 Å². The van der Waals surface area contributed by atoms with E-state index in [4.69, 9.17) is 0 Å². The van der Waals surface area contributed by atoms with Crippen LogP contribution >= 0.6 is 15.9 Å². The van der Waals surface area contributed by atoms with Crippen LogP contribution in [0.25, 0.3) is 0 Å². The summed E-state index contributed by atoms with van der Waals surface area (Å²) in [6, 6.07) is 2.12. The zero-order valence-electron chi connectivity index (χ0n) is 11.3. The largest absolute Gasteiger partial charge is 0.378 e. The molecule has 1 aromatic rings. The highest BCUT2D eigenvalue weighted by molar-refractivity contribution is 9.10. The van der Waals surface area contributed by atoms with Gasteiger partial charge in [0.2, 0.25) is 5.91 Å². The van der Waals surface area contributed by atoms with Gasteiger partial charge in [0, 0.05) is 25.7 Å². The number of rotatable bonds is 5. The Morgan fingerprint density at radius 1 is 1.50 bits per heavy atom. The highest BCUT2D eigenvalue weighted by atomic mass is 79.9. The summed E-state index contributed by atoms with van der Waals surface area (Å²) in [5.74, 6) is -0.832. The van der Waals surface area contributed by atoms with Crippen molar-refractivity contribution in [1.29, 1.82) is 0 Å². The summed E-state index contributed by atoms with van der Waals surface area (Å²) >= 11 is 2.90. The topological polar surface area (TPSA) is 84.3 Å². The average molecular weight is 348 g/mol. The fraction of sp³-hybridized carbons (Fsp3) is 0.417. The lowest BCUT2D eigenvalue weighted by atomic mass is 9.92. The fourth-order valence-electron chi connectivity index (χ4n) is 1.56. The van der Waals surface area contributed by atoms with Crippen molar-refractivity contribution in [1.82, 2.24) is 5.32 Å². The van der Waals surface area contributed by atoms with Crippen LogP contribution in [-0.4, -0.2) is 24.4 Å². The second-order valence-corrected chi connectivity index (χ2v) is 5.71. The third-order valence-electron chi connectivity index (χ3n) is 2.80. The molecule has 6 nitrogen and oxygen atoms in total. The van der Waals surface area contributed by atoms with Crippen LogP contribution in [0.15, 0.2) is 16.6 Å². The molecule has 0 aliphatic heterocycles. The van der Waals surface area contributed by atoms with Gasteiger partial charge in [-0.2, -0.15) is 0 Å². The first-order chi connectivity index (χ1) is 9.19. The number of carbonyl (C=O) groups is 1. The predicted molar refractivity (Wildman–Crippen MR) is 77.1 cm³/mol. The molecule has 0 saturated carbocycles. The minimum Gasteiger partial charge on any atom is -0.378 e. The van der Waals surface area contributed by atoms with E-state index in [2.05, 4.69) is 26.6 Å². The van der Waals surface area contributed by atoms with Gasteiger partial charge in [-0.3, -0.25) is 14.9 Å². The molecule has 0 aliphatic carbocycles. The maximum atomic E-state index is 13.5. The molecule has 0 spiro atoms. The van der Waals surface area contributed by atoms with E-state index in [9.17, 15) is 19.3 Å². The van der Waals surface area contributed by atoms with Gasteiger partial charge in [0.05, 0.1) is 14.8 Å². The van der Waals surface area contributed by atoms with Gasteiger partial charge >= 0.3 is 0 Å². The van der Waals surface area contributed by atoms with Gasteiger partial charge in [-0.1, -0.05) is 0 Å². The van der Waals surface area contributed by atoms with Gasteiger partial charge in [-0.25, -0.2) is 4.39 Å². The number of nitro benzene ring substituents is 1. The van der Waals surface area contributed by atoms with Gasteiger partial charge in [-0.05, 0) is 29.8 Å². The number of nitrogens with zero attached hydrogens (tertiary/aromatic N) is 1. The summed E-state index contributed by atoms with van der Waals surface area (Å²) in [6.07, 6.45) is 0. The molecule has 110 valence electrons. The van der Waals surface area contributed by atoms with E-state index in [0.29, 0.717) is 0 Å². The van der Waals surface area contributed by atoms with Crippen LogP contribution in [0.4, 0.5) is 15.8 Å². The maximum absolute atomic E-state index is 13.5. The lowest BCUT2D eigenvalue weighted by Gasteiger charge is -2.23. The maximum Gasteiger partial charge on any atom is 0.293 e. The lowest BCUT2D eigenvalue weighted by molar-refractivity contribution is -0.384. The van der Waals surface area contributed by atoms with Crippen LogP contribution in [0.2, 0.25) is 0 Å². The number of halogens is 2. The lowest BCUT2D eigenvalue weighted by Crippen LogP contribution is -2.39. The van der Waals surface area contributed by atoms with Gasteiger partial charge in [0.15, 0.2) is 0 Å². The molecule has 0 aliphatic rings. The number of amides is 1. The summed E-state index contributed by atoms with van der Waals surface area (Å²) in [6.45, 7) is 3.49. The van der Waals surface area contributed by atoms with Crippen molar-refractivity contribution in [3.63, 3.8) is 0 Å². The minimum absolute atomic E-state index is 0.0142. The Morgan fingerprint density at radius 2 is 2.10 bits per heavy atom. The number of benzene rings is 1. The summed E-state index contributed by atoms with van der Waals surface area (Å²) in [5.41, 5.74) is -1.01. The molecule has 0 fully saturated rings. The summed E-state index contributed by atoms with van der Waals surface area (Å²) in [4.78, 5) is 22.0. The summed E-state index contributed by atoms with van der Waals surface area (Å²) in [7, 11) is 1.51. The standard InChI is InChI=1S/C12H15BrFN3O3/c1-12(2,11(18)15-3)6-16-9-5-8(14)7(13)4-10(9)17(19)20/h4-5,16H,6H2,1-3H3,(H,15,18). The molecule has 0 aromatic heterocycles. The molecule has 0 unspecified atom stereocenters. The van der Waals surface area contributed by atoms with Crippen molar-refractivity contribution in [2.24, 2.45) is 5.41 Å². The van der Waals surface area contributed by atoms with Crippen LogP contribution in [-0.2, 0) is 4.79 Å². The Morgan fingerprint density at radius 3 is 2.60 bits per heavy atom. The van der Waals surface area contributed by atoms with E-state index in [-0.39, 0.29) is 28.3 Å². The van der Waals surface area contributed by atoms with Crippen molar-refractivity contribution in [3.05, 3.63) is 32.5 Å². The molecule has 0 heterocycles. The van der Waals surface area contributed by atoms with E-state index in [1.54, 1.807) is 13.8 Å². The molecule has 1 rings (SSSR count). The Bertz CT molecular complexity index is 549. The Kier molecular flexibility index (Phi) is 5.04. The third-order valence-corrected chi connectivity index (χ3v) is 3.41. The molecule has 0 atom stereocenters. The van der Waals surface area contributed by atoms with Crippen molar-refractivity contribution in [2.75, 3.05) is 18.9 Å². The first-order valence-electron chi connectivity index (χ1n) is 5.78. The molecule has 2 N–H and O–H groups in total. The van der Waals surface area contributed by atoms with E-state index in [1.807, 2.05) is 0 Å². The van der Waals surface area contributed by atoms with Crippen LogP contribution in [0.5, 0.6) is 0 Å². The molecule has 0 saturated heterocycles. The smallest absolute Gasteiger partial charge is 0.293 e. The second kappa shape index (κ2) is 6.17. The number of hydrogen-bond donors (Lipinski definition) is 2. The normalized spacial score (nSPS) is 11.1. The quantitative estimate of drug-likeness (QED) is 0.633. The number of hydrogen-bond acceptors (Lipinski definition) is 4. The molecular formula is C12H15BrFN3O3. The van der Waals surface area contributed by atoms with Gasteiger partial charge in [-0.15, -0.1) is 0 Å². The molecule has 0 radical (unpaired) electrons. The summed E-state index contributed by atoms with van der Waals surface area (Å²) in [5, 5.41) is 16.2. The van der Waals surface area contributed by atoms with Crippen LogP contribution in [0.3, 0.4) is 0 Å². The highest BCUT2D eigenvalue weighted by Gasteiger charge is 2.27. The number of anilines is 1. The third kappa shape index (κ3) is 3.66. The van der Waals surface area contributed by atoms with Crippen LogP contribution in [0.1, 0.15) is 13.8 Å². The summed E-state index contributed by atoms with van der Waals surface area (Å²) < 4.78 is 13.5. The molecule has 8 heteroatoms. The van der Waals surface area contributed by atoms with Gasteiger partial charge < -0.3 is 10.6 Å². The Balaban J connectivity index is 3.01. The molecule has 0 bridgehead atoms. The second-order valence-electron chi connectivity index (χ2n) is 4.86. The molecule has 20 heavy (non-hydrogen) atoms. The fourth-order valence-corrected chi connectivity index (χ4v) is 1.90. The predicted octanol–water partition coefficient (Wildman–Crippen LogP) is 2.68. The monoisotopic (exact) mass is 347 g/mol. The minimum atomic E-state index is -0.786. The number of nitro groups is 1. The zero-order chi connectivity index (χ0) is 15.5. The van der Waals surface area contributed by atoms with E-state index in [1.165, 1.54) is 7.05 Å². The highest BCUT2D eigenvalue weighted by Crippen LogP contribution is 2.31. The van der Waals surface area contributed by atoms with Crippen LogP contribution in [0, 0.1) is 21.3 Å². The zero-order valence-corrected chi connectivity index (χ0v) is 12.9. The molecule has 1 amide bonds. The van der Waals surface area contributed by atoms with E-state index < -0.39 is 16.2 Å². The van der Waals surface area contributed by atoms with Crippen molar-refractivity contribution in [2.45, 2.75) is 13.8 Å². The first kappa shape index (κ1) is 16.4. The molecular weight excluding hydrogens is 333 g/mol. The Labute approximate surface area is 124 Å². The number of nitrogens with one attached hydrogen (secondary N) is 2. The van der Waals surface area contributed by atoms with Crippen molar-refractivity contribution in [3.8, 4) is 0 Å². The average Bonchev–Trinajstić information content (AvgIpc) is 2.38. The van der Waals surface area contributed by atoms with Gasteiger partial charge in [0.1, 0.15) is 11.5 Å².